The number of nitrogens with zero attached hydrogens (tertiary/aromatic N) is 2. The lowest BCUT2D eigenvalue weighted by molar-refractivity contribution is 0.528. The van der Waals surface area contributed by atoms with Crippen LogP contribution >= 0.6 is 15.9 Å². The molecule has 2 N–H and O–H groups in total. The molecular formula is C13H16BrN3OS. The van der Waals surface area contributed by atoms with Crippen LogP contribution < -0.4 is 5.73 Å². The Balaban J connectivity index is 2.18. The molecule has 2 rings (SSSR count). The van der Waals surface area contributed by atoms with Crippen LogP contribution in [0.1, 0.15) is 25.6 Å². The van der Waals surface area contributed by atoms with Crippen LogP contribution in [-0.2, 0) is 16.6 Å². The van der Waals surface area contributed by atoms with Crippen molar-refractivity contribution in [3.8, 4) is 0 Å². The number of halogens is 1. The zero-order chi connectivity index (χ0) is 14.0. The maximum atomic E-state index is 12.3. The van der Waals surface area contributed by atoms with E-state index in [0.29, 0.717) is 22.4 Å². The topological polar surface area (TPSA) is 60.9 Å². The molecule has 0 radical (unpaired) electrons. The lowest BCUT2D eigenvalue weighted by Crippen LogP contribution is -2.04. The van der Waals surface area contributed by atoms with Crippen LogP contribution in [0, 0.1) is 0 Å². The standard InChI is InChI=1S/C13H16BrN3OS/c1-9(2)17-6-5-11(16-17)8-19(18)13-7-10(14)3-4-12(13)15/h3-7,9H,8,15H2,1-2H3. The molecule has 4 nitrogen and oxygen atoms in total. The Bertz CT molecular complexity index is 610. The molecule has 0 saturated carbocycles. The molecule has 6 heteroatoms. The number of rotatable bonds is 4. The summed E-state index contributed by atoms with van der Waals surface area (Å²) in [7, 11) is -1.19. The first-order valence-corrected chi connectivity index (χ1v) is 8.06. The van der Waals surface area contributed by atoms with Gasteiger partial charge in [-0.1, -0.05) is 15.9 Å². The maximum Gasteiger partial charge on any atom is 0.0753 e. The first kappa shape index (κ1) is 14.3. The highest BCUT2D eigenvalue weighted by atomic mass is 79.9. The summed E-state index contributed by atoms with van der Waals surface area (Å²) >= 11 is 3.36. The third-order valence-corrected chi connectivity index (χ3v) is 4.59. The van der Waals surface area contributed by atoms with E-state index in [1.54, 1.807) is 12.1 Å². The Morgan fingerprint density at radius 1 is 1.42 bits per heavy atom. The molecule has 0 spiro atoms. The minimum Gasteiger partial charge on any atom is -0.398 e. The predicted octanol–water partition coefficient (Wildman–Crippen LogP) is 3.12. The third-order valence-electron chi connectivity index (χ3n) is 2.69. The molecule has 0 saturated heterocycles. The van der Waals surface area contributed by atoms with Crippen molar-refractivity contribution in [1.29, 1.82) is 0 Å². The molecule has 1 aromatic carbocycles. The number of hydrogen-bond acceptors (Lipinski definition) is 3. The average Bonchev–Trinajstić information content (AvgIpc) is 2.80. The molecule has 1 aromatic heterocycles. The van der Waals surface area contributed by atoms with Gasteiger partial charge in [0, 0.05) is 22.4 Å². The van der Waals surface area contributed by atoms with E-state index in [9.17, 15) is 4.21 Å². The minimum atomic E-state index is -1.19. The molecule has 19 heavy (non-hydrogen) atoms. The van der Waals surface area contributed by atoms with Gasteiger partial charge < -0.3 is 5.73 Å². The summed E-state index contributed by atoms with van der Waals surface area (Å²) in [6.07, 6.45) is 1.90. The van der Waals surface area contributed by atoms with Gasteiger partial charge in [-0.2, -0.15) is 5.10 Å². The molecule has 1 unspecified atom stereocenters. The number of nitrogen functional groups attached to an aromatic ring is 1. The Kier molecular flexibility index (Phi) is 4.42. The van der Waals surface area contributed by atoms with E-state index in [1.807, 2.05) is 23.0 Å². The number of hydrogen-bond donors (Lipinski definition) is 1. The molecule has 0 amide bonds. The molecule has 0 aliphatic rings. The largest absolute Gasteiger partial charge is 0.398 e. The Hall–Kier alpha value is -1.14. The van der Waals surface area contributed by atoms with Gasteiger partial charge in [0.25, 0.3) is 0 Å². The highest BCUT2D eigenvalue weighted by Gasteiger charge is 2.12. The van der Waals surface area contributed by atoms with Gasteiger partial charge in [0.15, 0.2) is 0 Å². The van der Waals surface area contributed by atoms with Crippen molar-refractivity contribution in [3.63, 3.8) is 0 Å². The zero-order valence-corrected chi connectivity index (χ0v) is 13.2. The number of benzene rings is 1. The molecule has 2 aromatic rings. The van der Waals surface area contributed by atoms with Crippen molar-refractivity contribution < 1.29 is 4.21 Å². The van der Waals surface area contributed by atoms with Crippen LogP contribution in [0.15, 0.2) is 39.8 Å². The van der Waals surface area contributed by atoms with Crippen molar-refractivity contribution in [1.82, 2.24) is 9.78 Å². The third kappa shape index (κ3) is 3.45. The van der Waals surface area contributed by atoms with E-state index < -0.39 is 10.8 Å². The summed E-state index contributed by atoms with van der Waals surface area (Å²) in [5.41, 5.74) is 7.22. The van der Waals surface area contributed by atoms with Crippen LogP contribution in [0.3, 0.4) is 0 Å². The second-order valence-corrected chi connectivity index (χ2v) is 6.89. The van der Waals surface area contributed by atoms with Crippen LogP contribution in [0.25, 0.3) is 0 Å². The Morgan fingerprint density at radius 2 is 2.16 bits per heavy atom. The van der Waals surface area contributed by atoms with Gasteiger partial charge in [-0.15, -0.1) is 0 Å². The molecule has 1 atom stereocenters. The summed E-state index contributed by atoms with van der Waals surface area (Å²) in [5.74, 6) is 0.375. The molecule has 102 valence electrons. The van der Waals surface area contributed by atoms with Crippen LogP contribution in [-0.4, -0.2) is 14.0 Å². The van der Waals surface area contributed by atoms with Crippen LogP contribution in [0.2, 0.25) is 0 Å². The fraction of sp³-hybridized carbons (Fsp3) is 0.308. The molecule has 0 fully saturated rings. The van der Waals surface area contributed by atoms with Gasteiger partial charge in [0.2, 0.25) is 0 Å². The monoisotopic (exact) mass is 341 g/mol. The van der Waals surface area contributed by atoms with Gasteiger partial charge in [-0.05, 0) is 38.1 Å². The Morgan fingerprint density at radius 3 is 2.79 bits per heavy atom. The smallest absolute Gasteiger partial charge is 0.0753 e. The normalized spacial score (nSPS) is 12.8. The summed E-state index contributed by atoms with van der Waals surface area (Å²) < 4.78 is 15.1. The Labute approximate surface area is 123 Å². The van der Waals surface area contributed by atoms with E-state index in [4.69, 9.17) is 5.73 Å². The first-order valence-electron chi connectivity index (χ1n) is 5.95. The van der Waals surface area contributed by atoms with Crippen LogP contribution in [0.5, 0.6) is 0 Å². The van der Waals surface area contributed by atoms with E-state index in [1.165, 1.54) is 0 Å². The summed E-state index contributed by atoms with van der Waals surface area (Å²) in [5, 5.41) is 4.40. The highest BCUT2D eigenvalue weighted by molar-refractivity contribution is 9.10. The van der Waals surface area contributed by atoms with Gasteiger partial charge in [0.1, 0.15) is 0 Å². The van der Waals surface area contributed by atoms with Gasteiger partial charge in [0.05, 0.1) is 27.1 Å². The quantitative estimate of drug-likeness (QED) is 0.869. The van der Waals surface area contributed by atoms with Gasteiger partial charge >= 0.3 is 0 Å². The molecule has 0 aliphatic carbocycles. The van der Waals surface area contributed by atoms with E-state index in [0.717, 1.165) is 10.2 Å². The lowest BCUT2D eigenvalue weighted by atomic mass is 10.3. The molecule has 1 heterocycles. The van der Waals surface area contributed by atoms with E-state index >= 15 is 0 Å². The van der Waals surface area contributed by atoms with Crippen LogP contribution in [0.4, 0.5) is 5.69 Å². The molecule has 0 bridgehead atoms. The number of nitrogens with two attached hydrogens (primary N) is 1. The van der Waals surface area contributed by atoms with Crippen molar-refractivity contribution in [3.05, 3.63) is 40.6 Å². The van der Waals surface area contributed by atoms with Gasteiger partial charge in [-0.25, -0.2) is 0 Å². The summed E-state index contributed by atoms with van der Waals surface area (Å²) in [6.45, 7) is 4.11. The maximum absolute atomic E-state index is 12.3. The summed E-state index contributed by atoms with van der Waals surface area (Å²) in [6, 6.07) is 7.59. The lowest BCUT2D eigenvalue weighted by Gasteiger charge is -2.06. The van der Waals surface area contributed by atoms with Crippen molar-refractivity contribution >= 4 is 32.4 Å². The summed E-state index contributed by atoms with van der Waals surface area (Å²) in [4.78, 5) is 0.647. The predicted molar refractivity (Wildman–Crippen MR) is 81.3 cm³/mol. The van der Waals surface area contributed by atoms with Crippen molar-refractivity contribution in [2.24, 2.45) is 0 Å². The van der Waals surface area contributed by atoms with E-state index in [2.05, 4.69) is 34.9 Å². The van der Waals surface area contributed by atoms with Gasteiger partial charge in [-0.3, -0.25) is 8.89 Å². The van der Waals surface area contributed by atoms with Crippen molar-refractivity contribution in [2.45, 2.75) is 30.5 Å². The fourth-order valence-corrected chi connectivity index (χ4v) is 3.34. The second-order valence-electron chi connectivity index (χ2n) is 4.55. The minimum absolute atomic E-state index is 0.304. The fourth-order valence-electron chi connectivity index (χ4n) is 1.66. The average molecular weight is 342 g/mol. The highest BCUT2D eigenvalue weighted by Crippen LogP contribution is 2.23. The number of anilines is 1. The first-order chi connectivity index (χ1) is 8.97. The zero-order valence-electron chi connectivity index (χ0n) is 10.8. The van der Waals surface area contributed by atoms with E-state index in [-0.39, 0.29) is 0 Å². The number of aromatic nitrogens is 2. The molecular weight excluding hydrogens is 326 g/mol. The second kappa shape index (κ2) is 5.88. The molecule has 0 aliphatic heterocycles. The van der Waals surface area contributed by atoms with Crippen molar-refractivity contribution in [2.75, 3.05) is 5.73 Å². The SMILES string of the molecule is CC(C)n1ccc(CS(=O)c2cc(Br)ccc2N)n1.